The monoisotopic (exact) mass is 332 g/mol. The van der Waals surface area contributed by atoms with Crippen molar-refractivity contribution in [1.29, 1.82) is 0 Å². The fourth-order valence-electron chi connectivity index (χ4n) is 2.69. The van der Waals surface area contributed by atoms with Gasteiger partial charge in [-0.15, -0.1) is 0 Å². The first-order valence-electron chi connectivity index (χ1n) is 8.16. The maximum absolute atomic E-state index is 12.9. The van der Waals surface area contributed by atoms with Gasteiger partial charge in [0.15, 0.2) is 0 Å². The molecule has 0 fully saturated rings. The summed E-state index contributed by atoms with van der Waals surface area (Å²) in [6.45, 7) is 5.58. The number of carbonyl (C=O) groups is 1. The summed E-state index contributed by atoms with van der Waals surface area (Å²) in [6, 6.07) is 6.34. The summed E-state index contributed by atoms with van der Waals surface area (Å²) in [5.74, 6) is -0.248. The summed E-state index contributed by atoms with van der Waals surface area (Å²) in [6.07, 6.45) is 1.79. The average Bonchev–Trinajstić information content (AvgIpc) is 2.85. The number of benzene rings is 1. The molecule has 0 bridgehead atoms. The van der Waals surface area contributed by atoms with Crippen molar-refractivity contribution >= 4 is 5.91 Å². The molecule has 1 aromatic heterocycles. The van der Waals surface area contributed by atoms with E-state index in [1.807, 2.05) is 25.8 Å². The van der Waals surface area contributed by atoms with Gasteiger partial charge in [-0.2, -0.15) is 5.10 Å². The lowest BCUT2D eigenvalue weighted by molar-refractivity contribution is -0.122. The number of rotatable bonds is 8. The predicted molar refractivity (Wildman–Crippen MR) is 92.1 cm³/mol. The number of nitrogens with one attached hydrogen (secondary N) is 2. The second-order valence-electron chi connectivity index (χ2n) is 6.16. The molecule has 0 aliphatic carbocycles. The molecule has 6 heteroatoms. The van der Waals surface area contributed by atoms with Gasteiger partial charge in [0, 0.05) is 18.8 Å². The summed E-state index contributed by atoms with van der Waals surface area (Å²) >= 11 is 0. The quantitative estimate of drug-likeness (QED) is 0.730. The molecule has 0 saturated heterocycles. The van der Waals surface area contributed by atoms with Gasteiger partial charge >= 0.3 is 0 Å². The Kier molecular flexibility index (Phi) is 6.49. The lowest BCUT2D eigenvalue weighted by Crippen LogP contribution is -2.35. The molecule has 1 heterocycles. The number of halogens is 1. The van der Waals surface area contributed by atoms with Gasteiger partial charge in [0.2, 0.25) is 5.91 Å². The normalized spacial score (nSPS) is 11.0. The Hall–Kier alpha value is -2.21. The van der Waals surface area contributed by atoms with Crippen LogP contribution in [0.3, 0.4) is 0 Å². The summed E-state index contributed by atoms with van der Waals surface area (Å²) in [7, 11) is 1.88. The summed E-state index contributed by atoms with van der Waals surface area (Å²) in [5, 5.41) is 10.1. The number of nitrogens with zero attached hydrogens (tertiary/aromatic N) is 2. The number of aryl methyl sites for hydroxylation is 2. The Morgan fingerprint density at radius 3 is 2.62 bits per heavy atom. The minimum absolute atomic E-state index is 0.000231. The Morgan fingerprint density at radius 1 is 1.29 bits per heavy atom. The molecule has 0 saturated carbocycles. The highest BCUT2D eigenvalue weighted by Gasteiger charge is 2.08. The van der Waals surface area contributed by atoms with Crippen molar-refractivity contribution in [1.82, 2.24) is 20.4 Å². The zero-order valence-electron chi connectivity index (χ0n) is 14.5. The van der Waals surface area contributed by atoms with Crippen molar-refractivity contribution in [3.05, 3.63) is 52.6 Å². The zero-order chi connectivity index (χ0) is 17.5. The van der Waals surface area contributed by atoms with E-state index in [1.54, 1.807) is 12.1 Å². The van der Waals surface area contributed by atoms with Crippen LogP contribution in [0.25, 0.3) is 0 Å². The zero-order valence-corrected chi connectivity index (χ0v) is 14.5. The molecular weight excluding hydrogens is 307 g/mol. The van der Waals surface area contributed by atoms with E-state index in [4.69, 9.17) is 0 Å². The van der Waals surface area contributed by atoms with Crippen LogP contribution in [-0.4, -0.2) is 41.1 Å². The highest BCUT2D eigenvalue weighted by molar-refractivity contribution is 5.77. The van der Waals surface area contributed by atoms with Crippen LogP contribution < -0.4 is 5.32 Å². The lowest BCUT2D eigenvalue weighted by atomic mass is 10.1. The third kappa shape index (κ3) is 5.45. The molecule has 5 nitrogen and oxygen atoms in total. The van der Waals surface area contributed by atoms with Gasteiger partial charge in [0.25, 0.3) is 0 Å². The summed E-state index contributed by atoms with van der Waals surface area (Å²) < 4.78 is 12.9. The molecule has 0 aliphatic heterocycles. The van der Waals surface area contributed by atoms with Crippen LogP contribution >= 0.6 is 0 Å². The van der Waals surface area contributed by atoms with Crippen molar-refractivity contribution in [2.24, 2.45) is 0 Å². The SMILES string of the molecule is Cc1n[nH]c(C)c1CCCNC(=O)CN(C)Cc1ccc(F)cc1. The molecule has 0 aliphatic rings. The number of amides is 1. The van der Waals surface area contributed by atoms with Crippen LogP contribution in [-0.2, 0) is 17.8 Å². The minimum atomic E-state index is -0.248. The Balaban J connectivity index is 1.66. The van der Waals surface area contributed by atoms with Gasteiger partial charge in [-0.05, 0) is 57.0 Å². The number of hydrogen-bond acceptors (Lipinski definition) is 3. The van der Waals surface area contributed by atoms with E-state index in [2.05, 4.69) is 15.5 Å². The second kappa shape index (κ2) is 8.59. The molecule has 2 aromatic rings. The molecule has 2 rings (SSSR count). The standard InChI is InChI=1S/C18H25FN4O/c1-13-17(14(2)22-21-13)5-4-10-20-18(24)12-23(3)11-15-6-8-16(19)9-7-15/h6-9H,4-5,10-12H2,1-3H3,(H,20,24)(H,21,22). The first-order valence-corrected chi connectivity index (χ1v) is 8.16. The van der Waals surface area contributed by atoms with Gasteiger partial charge in [-0.1, -0.05) is 12.1 Å². The maximum Gasteiger partial charge on any atom is 0.234 e. The summed E-state index contributed by atoms with van der Waals surface area (Å²) in [5.41, 5.74) is 4.34. The van der Waals surface area contributed by atoms with Crippen LogP contribution in [0.5, 0.6) is 0 Å². The number of hydrogen-bond donors (Lipinski definition) is 2. The fourth-order valence-corrected chi connectivity index (χ4v) is 2.69. The molecule has 0 atom stereocenters. The smallest absolute Gasteiger partial charge is 0.234 e. The van der Waals surface area contributed by atoms with Crippen LogP contribution in [0.15, 0.2) is 24.3 Å². The topological polar surface area (TPSA) is 61.0 Å². The Morgan fingerprint density at radius 2 is 2.00 bits per heavy atom. The van der Waals surface area contributed by atoms with E-state index < -0.39 is 0 Å². The van der Waals surface area contributed by atoms with E-state index in [9.17, 15) is 9.18 Å². The fraction of sp³-hybridized carbons (Fsp3) is 0.444. The van der Waals surface area contributed by atoms with E-state index in [0.29, 0.717) is 19.6 Å². The third-order valence-electron chi connectivity index (χ3n) is 3.99. The lowest BCUT2D eigenvalue weighted by Gasteiger charge is -2.16. The number of carbonyl (C=O) groups excluding carboxylic acids is 1. The average molecular weight is 332 g/mol. The number of H-pyrrole nitrogens is 1. The second-order valence-corrected chi connectivity index (χ2v) is 6.16. The largest absolute Gasteiger partial charge is 0.355 e. The molecule has 24 heavy (non-hydrogen) atoms. The Labute approximate surface area is 142 Å². The van der Waals surface area contributed by atoms with Crippen LogP contribution in [0, 0.1) is 19.7 Å². The van der Waals surface area contributed by atoms with Crippen molar-refractivity contribution in [2.45, 2.75) is 33.2 Å². The van der Waals surface area contributed by atoms with E-state index in [0.717, 1.165) is 29.8 Å². The van der Waals surface area contributed by atoms with Gasteiger partial charge in [0.05, 0.1) is 12.2 Å². The Bertz CT molecular complexity index is 647. The van der Waals surface area contributed by atoms with Gasteiger partial charge in [-0.3, -0.25) is 14.8 Å². The van der Waals surface area contributed by atoms with Crippen molar-refractivity contribution < 1.29 is 9.18 Å². The third-order valence-corrected chi connectivity index (χ3v) is 3.99. The molecule has 1 aromatic carbocycles. The van der Waals surface area contributed by atoms with Crippen LogP contribution in [0.2, 0.25) is 0 Å². The van der Waals surface area contributed by atoms with Gasteiger partial charge < -0.3 is 5.32 Å². The molecule has 130 valence electrons. The first-order chi connectivity index (χ1) is 11.5. The van der Waals surface area contributed by atoms with Crippen molar-refractivity contribution in [2.75, 3.05) is 20.1 Å². The summed E-state index contributed by atoms with van der Waals surface area (Å²) in [4.78, 5) is 13.9. The highest BCUT2D eigenvalue weighted by Crippen LogP contribution is 2.11. The predicted octanol–water partition coefficient (Wildman–Crippen LogP) is 2.35. The van der Waals surface area contributed by atoms with Crippen molar-refractivity contribution in [3.63, 3.8) is 0 Å². The maximum atomic E-state index is 12.9. The van der Waals surface area contributed by atoms with Crippen LogP contribution in [0.1, 0.15) is 28.9 Å². The highest BCUT2D eigenvalue weighted by atomic mass is 19.1. The van der Waals surface area contributed by atoms with Crippen LogP contribution in [0.4, 0.5) is 4.39 Å². The molecular formula is C18H25FN4O. The van der Waals surface area contributed by atoms with Crippen molar-refractivity contribution in [3.8, 4) is 0 Å². The number of aromatic nitrogens is 2. The molecule has 1 amide bonds. The van der Waals surface area contributed by atoms with Gasteiger partial charge in [-0.25, -0.2) is 4.39 Å². The van der Waals surface area contributed by atoms with E-state index >= 15 is 0 Å². The number of aromatic amines is 1. The molecule has 0 spiro atoms. The van der Waals surface area contributed by atoms with E-state index in [-0.39, 0.29) is 11.7 Å². The number of likely N-dealkylation sites (N-methyl/N-ethyl adjacent to an activating group) is 1. The molecule has 0 radical (unpaired) electrons. The van der Waals surface area contributed by atoms with E-state index in [1.165, 1.54) is 17.7 Å². The van der Waals surface area contributed by atoms with Gasteiger partial charge in [0.1, 0.15) is 5.82 Å². The first kappa shape index (κ1) is 18.1. The molecule has 0 unspecified atom stereocenters. The molecule has 2 N–H and O–H groups in total. The minimum Gasteiger partial charge on any atom is -0.355 e.